The lowest BCUT2D eigenvalue weighted by molar-refractivity contribution is 0.0955. The molecule has 1 aromatic heterocycles. The molecule has 1 amide bonds. The van der Waals surface area contributed by atoms with Crippen LogP contribution in [0.2, 0.25) is 0 Å². The Bertz CT molecular complexity index is 773. The molecule has 1 fully saturated rings. The van der Waals surface area contributed by atoms with Crippen molar-refractivity contribution in [3.63, 3.8) is 0 Å². The van der Waals surface area contributed by atoms with Gasteiger partial charge in [0.1, 0.15) is 11.6 Å². The zero-order chi connectivity index (χ0) is 19.1. The van der Waals surface area contributed by atoms with Gasteiger partial charge in [0.05, 0.1) is 7.11 Å². The van der Waals surface area contributed by atoms with Crippen molar-refractivity contribution in [1.82, 2.24) is 15.6 Å². The van der Waals surface area contributed by atoms with Crippen molar-refractivity contribution in [2.24, 2.45) is 5.92 Å². The molecule has 0 spiro atoms. The average molecular weight is 368 g/mol. The third-order valence-electron chi connectivity index (χ3n) is 4.93. The largest absolute Gasteiger partial charge is 0.496 e. The molecule has 6 heteroatoms. The minimum Gasteiger partial charge on any atom is -0.496 e. The number of pyridine rings is 1. The van der Waals surface area contributed by atoms with E-state index in [1.807, 2.05) is 37.3 Å². The number of anilines is 1. The third kappa shape index (κ3) is 5.20. The second-order valence-corrected chi connectivity index (χ2v) is 6.94. The normalized spacial score (nSPS) is 16.1. The summed E-state index contributed by atoms with van der Waals surface area (Å²) >= 11 is 0. The molecule has 0 aliphatic carbocycles. The van der Waals surface area contributed by atoms with Crippen molar-refractivity contribution in [1.29, 1.82) is 0 Å². The van der Waals surface area contributed by atoms with Gasteiger partial charge in [-0.2, -0.15) is 0 Å². The van der Waals surface area contributed by atoms with Crippen molar-refractivity contribution in [3.8, 4) is 5.75 Å². The van der Waals surface area contributed by atoms with E-state index in [9.17, 15) is 4.79 Å². The van der Waals surface area contributed by atoms with Crippen LogP contribution in [0.25, 0.3) is 0 Å². The molecule has 144 valence electrons. The van der Waals surface area contributed by atoms with Crippen molar-refractivity contribution >= 4 is 11.7 Å². The van der Waals surface area contributed by atoms with Crippen LogP contribution in [0.4, 0.5) is 5.82 Å². The topological polar surface area (TPSA) is 75.3 Å². The Kier molecular flexibility index (Phi) is 6.65. The SMILES string of the molecule is COc1ccc(C(=O)NCCNc2ncccc2C)cc1CC1CCNC1. The lowest BCUT2D eigenvalue weighted by Crippen LogP contribution is -2.29. The number of methoxy groups -OCH3 is 1. The molecular formula is C21H28N4O2. The van der Waals surface area contributed by atoms with Crippen molar-refractivity contribution < 1.29 is 9.53 Å². The van der Waals surface area contributed by atoms with Crippen LogP contribution in [0.5, 0.6) is 5.75 Å². The molecule has 0 bridgehead atoms. The van der Waals surface area contributed by atoms with Crippen LogP contribution in [0.15, 0.2) is 36.5 Å². The first-order valence-electron chi connectivity index (χ1n) is 9.48. The smallest absolute Gasteiger partial charge is 0.251 e. The third-order valence-corrected chi connectivity index (χ3v) is 4.93. The maximum atomic E-state index is 12.5. The van der Waals surface area contributed by atoms with Gasteiger partial charge in [0, 0.05) is 24.8 Å². The van der Waals surface area contributed by atoms with Gasteiger partial charge in [-0.05, 0) is 74.2 Å². The number of benzene rings is 1. The molecular weight excluding hydrogens is 340 g/mol. The van der Waals surface area contributed by atoms with Crippen LogP contribution in [0, 0.1) is 12.8 Å². The van der Waals surface area contributed by atoms with Gasteiger partial charge >= 0.3 is 0 Å². The highest BCUT2D eigenvalue weighted by Gasteiger charge is 2.18. The number of nitrogens with zero attached hydrogens (tertiary/aromatic N) is 1. The number of aryl methyl sites for hydroxylation is 1. The first-order chi connectivity index (χ1) is 13.2. The molecule has 27 heavy (non-hydrogen) atoms. The summed E-state index contributed by atoms with van der Waals surface area (Å²) in [5, 5.41) is 9.60. The minimum absolute atomic E-state index is 0.0667. The Morgan fingerprint density at radius 2 is 2.22 bits per heavy atom. The monoisotopic (exact) mass is 368 g/mol. The number of hydrogen-bond donors (Lipinski definition) is 3. The second kappa shape index (κ2) is 9.37. The number of aromatic nitrogens is 1. The highest BCUT2D eigenvalue weighted by Crippen LogP contribution is 2.25. The predicted molar refractivity (Wildman–Crippen MR) is 107 cm³/mol. The van der Waals surface area contributed by atoms with Crippen LogP contribution in [-0.2, 0) is 6.42 Å². The lowest BCUT2D eigenvalue weighted by atomic mass is 9.96. The number of amides is 1. The molecule has 1 aliphatic rings. The average Bonchev–Trinajstić information content (AvgIpc) is 3.19. The first-order valence-corrected chi connectivity index (χ1v) is 9.48. The summed E-state index contributed by atoms with van der Waals surface area (Å²) < 4.78 is 5.48. The Balaban J connectivity index is 1.55. The molecule has 1 saturated heterocycles. The zero-order valence-corrected chi connectivity index (χ0v) is 16.0. The maximum absolute atomic E-state index is 12.5. The quantitative estimate of drug-likeness (QED) is 0.624. The molecule has 6 nitrogen and oxygen atoms in total. The van der Waals surface area contributed by atoms with Crippen LogP contribution >= 0.6 is 0 Å². The summed E-state index contributed by atoms with van der Waals surface area (Å²) in [5.41, 5.74) is 2.86. The predicted octanol–water partition coefficient (Wildman–Crippen LogP) is 2.39. The van der Waals surface area contributed by atoms with E-state index in [1.54, 1.807) is 13.3 Å². The van der Waals surface area contributed by atoms with E-state index in [0.29, 0.717) is 24.6 Å². The fraction of sp³-hybridized carbons (Fsp3) is 0.429. The Hall–Kier alpha value is -2.60. The van der Waals surface area contributed by atoms with Crippen LogP contribution in [0.3, 0.4) is 0 Å². The first kappa shape index (κ1) is 19.2. The second-order valence-electron chi connectivity index (χ2n) is 6.94. The fourth-order valence-corrected chi connectivity index (χ4v) is 3.41. The Labute approximate surface area is 160 Å². The van der Waals surface area contributed by atoms with Crippen molar-refractivity contribution in [2.75, 3.05) is 38.6 Å². The van der Waals surface area contributed by atoms with E-state index in [2.05, 4.69) is 20.9 Å². The van der Waals surface area contributed by atoms with Crippen LogP contribution in [-0.4, -0.2) is 44.2 Å². The van der Waals surface area contributed by atoms with E-state index in [-0.39, 0.29) is 5.91 Å². The summed E-state index contributed by atoms with van der Waals surface area (Å²) in [6, 6.07) is 9.59. The highest BCUT2D eigenvalue weighted by atomic mass is 16.5. The van der Waals surface area contributed by atoms with E-state index in [1.165, 1.54) is 0 Å². The minimum atomic E-state index is -0.0667. The van der Waals surface area contributed by atoms with Gasteiger partial charge in [0.15, 0.2) is 0 Å². The van der Waals surface area contributed by atoms with Gasteiger partial charge in [-0.15, -0.1) is 0 Å². The number of rotatable bonds is 8. The number of carbonyl (C=O) groups excluding carboxylic acids is 1. The van der Waals surface area contributed by atoms with E-state index >= 15 is 0 Å². The van der Waals surface area contributed by atoms with Crippen LogP contribution in [0.1, 0.15) is 27.9 Å². The molecule has 2 heterocycles. The summed E-state index contributed by atoms with van der Waals surface area (Å²) in [4.78, 5) is 16.8. The summed E-state index contributed by atoms with van der Waals surface area (Å²) in [5.74, 6) is 2.24. The summed E-state index contributed by atoms with van der Waals surface area (Å²) in [6.07, 6.45) is 3.85. The van der Waals surface area contributed by atoms with Gasteiger partial charge in [-0.25, -0.2) is 4.98 Å². The maximum Gasteiger partial charge on any atom is 0.251 e. The van der Waals surface area contributed by atoms with Crippen molar-refractivity contribution in [2.45, 2.75) is 19.8 Å². The van der Waals surface area contributed by atoms with Crippen LogP contribution < -0.4 is 20.7 Å². The van der Waals surface area contributed by atoms with Gasteiger partial charge in [0.2, 0.25) is 0 Å². The molecule has 1 atom stereocenters. The molecule has 1 unspecified atom stereocenters. The molecule has 1 aliphatic heterocycles. The molecule has 1 aromatic carbocycles. The van der Waals surface area contributed by atoms with Gasteiger partial charge in [-0.1, -0.05) is 6.07 Å². The number of nitrogens with one attached hydrogen (secondary N) is 3. The molecule has 3 N–H and O–H groups in total. The number of ether oxygens (including phenoxy) is 1. The molecule has 0 saturated carbocycles. The van der Waals surface area contributed by atoms with E-state index in [4.69, 9.17) is 4.74 Å². The molecule has 2 aromatic rings. The highest BCUT2D eigenvalue weighted by molar-refractivity contribution is 5.94. The lowest BCUT2D eigenvalue weighted by Gasteiger charge is -2.14. The van der Waals surface area contributed by atoms with Gasteiger partial charge in [0.25, 0.3) is 5.91 Å². The number of hydrogen-bond acceptors (Lipinski definition) is 5. The molecule has 3 rings (SSSR count). The van der Waals surface area contributed by atoms with Gasteiger partial charge < -0.3 is 20.7 Å². The van der Waals surface area contributed by atoms with Gasteiger partial charge in [-0.3, -0.25) is 4.79 Å². The number of carbonyl (C=O) groups is 1. The van der Waals surface area contributed by atoms with Crippen molar-refractivity contribution in [3.05, 3.63) is 53.2 Å². The summed E-state index contributed by atoms with van der Waals surface area (Å²) in [7, 11) is 1.68. The Morgan fingerprint density at radius 3 is 2.96 bits per heavy atom. The van der Waals surface area contributed by atoms with E-state index < -0.39 is 0 Å². The fourth-order valence-electron chi connectivity index (χ4n) is 3.41. The standard InChI is InChI=1S/C21H28N4O2/c1-15-4-3-8-23-20(15)24-10-11-25-21(26)17-5-6-19(27-2)18(13-17)12-16-7-9-22-14-16/h3-6,8,13,16,22H,7,9-12,14H2,1-2H3,(H,23,24)(H,25,26). The molecule has 0 radical (unpaired) electrons. The van der Waals surface area contributed by atoms with E-state index in [0.717, 1.165) is 48.6 Å². The zero-order valence-electron chi connectivity index (χ0n) is 16.0. The summed E-state index contributed by atoms with van der Waals surface area (Å²) in [6.45, 7) is 5.25. The Morgan fingerprint density at radius 1 is 1.33 bits per heavy atom.